The van der Waals surface area contributed by atoms with Gasteiger partial charge in [0.25, 0.3) is 0 Å². The molecule has 0 saturated heterocycles. The highest BCUT2D eigenvalue weighted by atomic mass is 16.5. The largest absolute Gasteiger partial charge is 0.907 e. The van der Waals surface area contributed by atoms with Crippen LogP contribution in [0.25, 0.3) is 0 Å². The van der Waals surface area contributed by atoms with Crippen molar-refractivity contribution in [2.45, 2.75) is 297 Å². The highest BCUT2D eigenvalue weighted by molar-refractivity contribution is 6.24. The van der Waals surface area contributed by atoms with Crippen LogP contribution in [-0.2, 0) is 0 Å². The Labute approximate surface area is 477 Å². The first kappa shape index (κ1) is 74.3. The molecule has 3 rings (SSSR count). The first-order valence-electron chi connectivity index (χ1n) is 32.4. The Bertz CT molecular complexity index is 1730. The Morgan fingerprint density at radius 3 is 0.671 bits per heavy atom. The summed E-state index contributed by atoms with van der Waals surface area (Å²) in [4.78, 5) is 0. The summed E-state index contributed by atoms with van der Waals surface area (Å²) in [5.74, 6) is 2.11. The zero-order valence-electron chi connectivity index (χ0n) is 56.3. The molecule has 0 aliphatic heterocycles. The van der Waals surface area contributed by atoms with Gasteiger partial charge >= 0.3 is 0 Å². The van der Waals surface area contributed by atoms with Crippen molar-refractivity contribution < 1.29 is 28.5 Å². The molecule has 0 amide bonds. The zero-order chi connectivity index (χ0) is 59.2. The standard InChI is InChI=1S/3C23H44N.BO3/c3*1-10-16-17-20-18(7)19(11-2)21(12-3)23(14-5,22(20)13-4)24(8,9)15-6;2-1(3)4/h3*22H,10-17H2,1-9H3;/q3*+1;-3. The van der Waals surface area contributed by atoms with Crippen molar-refractivity contribution in [3.8, 4) is 0 Å². The first-order chi connectivity index (χ1) is 35.7. The highest BCUT2D eigenvalue weighted by Crippen LogP contribution is 2.56. The molecule has 6 nitrogen and oxygen atoms in total. The molecule has 0 saturated carbocycles. The summed E-state index contributed by atoms with van der Waals surface area (Å²) >= 11 is 0. The van der Waals surface area contributed by atoms with E-state index in [0.717, 1.165) is 13.4 Å². The maximum absolute atomic E-state index is 8.42. The van der Waals surface area contributed by atoms with E-state index in [1.54, 1.807) is 66.9 Å². The molecule has 0 spiro atoms. The van der Waals surface area contributed by atoms with E-state index in [9.17, 15) is 0 Å². The molecule has 6 atom stereocenters. The number of likely N-dealkylation sites (N-methyl/N-ethyl adjacent to an activating group) is 3. The number of nitrogens with zero attached hydrogens (tertiary/aromatic N) is 3. The molecule has 0 radical (unpaired) electrons. The third-order valence-electron chi connectivity index (χ3n) is 21.4. The van der Waals surface area contributed by atoms with Gasteiger partial charge in [-0.2, -0.15) is 0 Å². The summed E-state index contributed by atoms with van der Waals surface area (Å²) in [6.07, 6.45) is 26.5. The van der Waals surface area contributed by atoms with Crippen molar-refractivity contribution in [1.82, 2.24) is 0 Å². The smallest absolute Gasteiger partial charge is 0.127 e. The van der Waals surface area contributed by atoms with Crippen molar-refractivity contribution >= 4 is 7.32 Å². The van der Waals surface area contributed by atoms with Gasteiger partial charge in [-0.25, -0.2) is 0 Å². The van der Waals surface area contributed by atoms with Gasteiger partial charge in [-0.1, -0.05) is 140 Å². The number of quaternary nitrogens is 3. The summed E-state index contributed by atoms with van der Waals surface area (Å²) in [6, 6.07) is 0. The minimum Gasteiger partial charge on any atom is -0.907 e. The number of rotatable bonds is 27. The second-order valence-electron chi connectivity index (χ2n) is 24.8. The molecule has 0 heterocycles. The fourth-order valence-corrected chi connectivity index (χ4v) is 17.1. The fraction of sp³-hybridized carbons (Fsp3) is 0.826. The molecule has 0 fully saturated rings. The van der Waals surface area contributed by atoms with Crippen LogP contribution >= 0.6 is 0 Å². The Kier molecular flexibility index (Phi) is 33.1. The van der Waals surface area contributed by atoms with E-state index in [1.165, 1.54) is 154 Å². The van der Waals surface area contributed by atoms with Gasteiger partial charge < -0.3 is 28.5 Å². The molecular formula is C69H132BN3O3. The quantitative estimate of drug-likeness (QED) is 0.0608. The SMILES string of the molecule is CCCCC1=C(C)C(CC)=C(CC)C(CC)([N+](C)(C)CC)C1CC.CCCCC1=C(C)C(CC)=C(CC)C(CC)([N+](C)(C)CC)C1CC.CCCCC1=C(C)C(CC)=C(CC)C(CC)([N+](C)(C)CC)C1CC.[O-]B([O-])[O-]. The minimum atomic E-state index is -2.92. The summed E-state index contributed by atoms with van der Waals surface area (Å²) in [5, 5.41) is 25.2. The molecule has 0 bridgehead atoms. The van der Waals surface area contributed by atoms with Gasteiger partial charge in [-0.05, 0) is 188 Å². The average molecular weight is 1060 g/mol. The molecular weight excluding hydrogens is 930 g/mol. The normalized spacial score (nSPS) is 24.6. The van der Waals surface area contributed by atoms with Gasteiger partial charge in [0.1, 0.15) is 16.6 Å². The molecule has 6 unspecified atom stereocenters. The van der Waals surface area contributed by atoms with E-state index in [2.05, 4.69) is 188 Å². The Hall–Kier alpha value is -1.74. The second-order valence-corrected chi connectivity index (χ2v) is 24.8. The Morgan fingerprint density at radius 1 is 0.355 bits per heavy atom. The molecule has 3 aliphatic rings. The molecule has 3 aliphatic carbocycles. The van der Waals surface area contributed by atoms with E-state index in [-0.39, 0.29) is 16.6 Å². The molecule has 0 aromatic carbocycles. The predicted octanol–water partition coefficient (Wildman–Crippen LogP) is 16.7. The van der Waals surface area contributed by atoms with Crippen LogP contribution in [0.3, 0.4) is 0 Å². The van der Waals surface area contributed by atoms with E-state index in [1.807, 2.05) is 0 Å². The van der Waals surface area contributed by atoms with Crippen LogP contribution in [-0.4, -0.2) is 99.3 Å². The van der Waals surface area contributed by atoms with Crippen LogP contribution in [0.5, 0.6) is 0 Å². The van der Waals surface area contributed by atoms with Crippen molar-refractivity contribution in [1.29, 1.82) is 0 Å². The number of allylic oxidation sites excluding steroid dienone is 6. The summed E-state index contributed by atoms with van der Waals surface area (Å²) in [5.41, 5.74) is 21.5. The third kappa shape index (κ3) is 14.8. The van der Waals surface area contributed by atoms with E-state index in [4.69, 9.17) is 15.1 Å². The van der Waals surface area contributed by atoms with E-state index >= 15 is 0 Å². The van der Waals surface area contributed by atoms with E-state index in [0.29, 0.717) is 17.8 Å². The number of hydrogen-bond acceptors (Lipinski definition) is 3. The lowest BCUT2D eigenvalue weighted by Crippen LogP contribution is -2.65. The monoisotopic (exact) mass is 1060 g/mol. The van der Waals surface area contributed by atoms with Crippen molar-refractivity contribution in [3.05, 3.63) is 66.9 Å². The van der Waals surface area contributed by atoms with Crippen LogP contribution in [0.4, 0.5) is 0 Å². The van der Waals surface area contributed by atoms with Crippen LogP contribution in [0.2, 0.25) is 0 Å². The lowest BCUT2D eigenvalue weighted by atomic mass is 9.60. The van der Waals surface area contributed by atoms with Crippen LogP contribution in [0.1, 0.15) is 280 Å². The molecule has 0 aromatic rings. The summed E-state index contributed by atoms with van der Waals surface area (Å²) in [6.45, 7) is 53.8. The predicted molar refractivity (Wildman–Crippen MR) is 334 cm³/mol. The molecule has 0 aromatic heterocycles. The summed E-state index contributed by atoms with van der Waals surface area (Å²) in [7, 11) is 12.0. The second kappa shape index (κ2) is 33.9. The van der Waals surface area contributed by atoms with Crippen LogP contribution in [0, 0.1) is 17.8 Å². The number of unbranched alkanes of at least 4 members (excludes halogenated alkanes) is 3. The number of hydrogen-bond donors (Lipinski definition) is 0. The van der Waals surface area contributed by atoms with Crippen molar-refractivity contribution in [2.75, 3.05) is 61.9 Å². The Morgan fingerprint density at radius 2 is 0.553 bits per heavy atom. The average Bonchev–Trinajstić information content (AvgIpc) is 3.40. The van der Waals surface area contributed by atoms with Gasteiger partial charge in [-0.15, -0.1) is 0 Å². The molecule has 76 heavy (non-hydrogen) atoms. The molecule has 7 heteroatoms. The van der Waals surface area contributed by atoms with Crippen LogP contribution < -0.4 is 15.1 Å². The van der Waals surface area contributed by atoms with Crippen LogP contribution in [0.15, 0.2) is 66.9 Å². The fourth-order valence-electron chi connectivity index (χ4n) is 17.1. The summed E-state index contributed by atoms with van der Waals surface area (Å²) < 4.78 is 3.37. The molecule has 0 N–H and O–H groups in total. The van der Waals surface area contributed by atoms with Crippen molar-refractivity contribution in [3.63, 3.8) is 0 Å². The maximum atomic E-state index is 8.42. The van der Waals surface area contributed by atoms with Gasteiger partial charge in [0.2, 0.25) is 0 Å². The Balaban J connectivity index is 0.00000107. The lowest BCUT2D eigenvalue weighted by molar-refractivity contribution is -0.938. The van der Waals surface area contributed by atoms with Gasteiger partial charge in [0, 0.05) is 37.0 Å². The first-order valence-corrected chi connectivity index (χ1v) is 32.4. The highest BCUT2D eigenvalue weighted by Gasteiger charge is 2.57. The zero-order valence-corrected chi connectivity index (χ0v) is 56.3. The van der Waals surface area contributed by atoms with Gasteiger partial charge in [0.05, 0.1) is 61.9 Å². The van der Waals surface area contributed by atoms with Crippen molar-refractivity contribution in [2.24, 2.45) is 17.8 Å². The van der Waals surface area contributed by atoms with Gasteiger partial charge in [0.15, 0.2) is 0 Å². The maximum Gasteiger partial charge on any atom is 0.127 e. The molecule has 444 valence electrons. The topological polar surface area (TPSA) is 69.2 Å². The van der Waals surface area contributed by atoms with Gasteiger partial charge in [-0.3, -0.25) is 7.32 Å². The lowest BCUT2D eigenvalue weighted by Gasteiger charge is -2.57. The third-order valence-corrected chi connectivity index (χ3v) is 21.4. The minimum absolute atomic E-state index is 0.284. The van der Waals surface area contributed by atoms with E-state index < -0.39 is 7.32 Å².